The first-order valence-electron chi connectivity index (χ1n) is 9.74. The van der Waals surface area contributed by atoms with Crippen LogP contribution in [0.1, 0.15) is 59.3 Å². The lowest BCUT2D eigenvalue weighted by Gasteiger charge is -2.18. The van der Waals surface area contributed by atoms with Crippen LogP contribution in [0.3, 0.4) is 0 Å². The van der Waals surface area contributed by atoms with E-state index in [9.17, 15) is 19.7 Å². The van der Waals surface area contributed by atoms with E-state index in [1.54, 1.807) is 11.5 Å². The molecule has 160 valence electrons. The minimum Gasteiger partial charge on any atom is -0.354 e. The van der Waals surface area contributed by atoms with Gasteiger partial charge in [0, 0.05) is 13.1 Å². The molecule has 28 heavy (non-hydrogen) atoms. The Balaban J connectivity index is 4.55. The highest BCUT2D eigenvalue weighted by atomic mass is 16.7. The highest BCUT2D eigenvalue weighted by molar-refractivity contribution is 5.92. The van der Waals surface area contributed by atoms with E-state index in [2.05, 4.69) is 36.7 Å². The fourth-order valence-corrected chi connectivity index (χ4v) is 2.26. The number of hydrogen-bond donors (Lipinski definition) is 5. The Labute approximate surface area is 166 Å². The predicted molar refractivity (Wildman–Crippen MR) is 108 cm³/mol. The Kier molecular flexibility index (Phi) is 14.0. The van der Waals surface area contributed by atoms with Crippen molar-refractivity contribution < 1.29 is 14.6 Å². The zero-order valence-corrected chi connectivity index (χ0v) is 17.0. The standard InChI is InChI=1S/C18H34N6O4/c1-4-5-6-7-10-16(25)22-15(17(26)20-13-11-14(2)3)9-8-12-21-18(19)23-24(27)28/h7,10,14-15H,4-6,8-9,11-13H2,1-3H3,(H,20,26)(H,22,25)(H3,19,21,23)/t15-/m0/s1. The quantitative estimate of drug-likeness (QED) is 0.0747. The Bertz CT molecular complexity index is 536. The Morgan fingerprint density at radius 3 is 2.46 bits per heavy atom. The average Bonchev–Trinajstić information content (AvgIpc) is 2.60. The van der Waals surface area contributed by atoms with Crippen molar-refractivity contribution in [1.29, 1.82) is 5.41 Å². The van der Waals surface area contributed by atoms with Gasteiger partial charge >= 0.3 is 0 Å². The van der Waals surface area contributed by atoms with Crippen LogP contribution < -0.4 is 21.4 Å². The van der Waals surface area contributed by atoms with Crippen molar-refractivity contribution in [2.45, 2.75) is 65.3 Å². The number of nitro groups is 1. The highest BCUT2D eigenvalue weighted by Gasteiger charge is 2.19. The molecule has 0 aromatic heterocycles. The summed E-state index contributed by atoms with van der Waals surface area (Å²) in [6.45, 7) is 6.99. The molecule has 0 saturated heterocycles. The summed E-state index contributed by atoms with van der Waals surface area (Å²) < 4.78 is 0. The third-order valence-corrected chi connectivity index (χ3v) is 3.82. The van der Waals surface area contributed by atoms with Gasteiger partial charge in [-0.3, -0.25) is 15.0 Å². The summed E-state index contributed by atoms with van der Waals surface area (Å²) in [6, 6.07) is -0.699. The Morgan fingerprint density at radius 1 is 1.14 bits per heavy atom. The van der Waals surface area contributed by atoms with Crippen LogP contribution in [-0.2, 0) is 9.59 Å². The Morgan fingerprint density at radius 2 is 1.86 bits per heavy atom. The van der Waals surface area contributed by atoms with E-state index in [-0.39, 0.29) is 18.4 Å². The second-order valence-electron chi connectivity index (χ2n) is 6.89. The predicted octanol–water partition coefficient (Wildman–Crippen LogP) is 1.47. The van der Waals surface area contributed by atoms with Crippen LogP contribution in [0.5, 0.6) is 0 Å². The summed E-state index contributed by atoms with van der Waals surface area (Å²) in [4.78, 5) is 34.7. The molecule has 0 aliphatic rings. The van der Waals surface area contributed by atoms with Crippen LogP contribution in [-0.4, -0.2) is 41.9 Å². The number of nitrogens with zero attached hydrogens (tertiary/aromatic N) is 1. The van der Waals surface area contributed by atoms with E-state index in [1.165, 1.54) is 6.08 Å². The van der Waals surface area contributed by atoms with Crippen LogP contribution in [0, 0.1) is 21.4 Å². The molecule has 0 spiro atoms. The molecule has 5 N–H and O–H groups in total. The van der Waals surface area contributed by atoms with Crippen LogP contribution in [0.4, 0.5) is 0 Å². The largest absolute Gasteiger partial charge is 0.354 e. The van der Waals surface area contributed by atoms with Gasteiger partial charge in [0.25, 0.3) is 5.96 Å². The number of carbonyl (C=O) groups excluding carboxylic acids is 2. The molecule has 2 amide bonds. The van der Waals surface area contributed by atoms with Gasteiger partial charge in [-0.05, 0) is 37.7 Å². The molecule has 0 radical (unpaired) electrons. The first-order chi connectivity index (χ1) is 13.3. The highest BCUT2D eigenvalue weighted by Crippen LogP contribution is 2.01. The van der Waals surface area contributed by atoms with Crippen molar-refractivity contribution in [1.82, 2.24) is 21.4 Å². The van der Waals surface area contributed by atoms with Gasteiger partial charge in [-0.2, -0.15) is 0 Å². The second kappa shape index (κ2) is 15.4. The second-order valence-corrected chi connectivity index (χ2v) is 6.89. The minimum atomic E-state index is -0.828. The summed E-state index contributed by atoms with van der Waals surface area (Å²) in [5.41, 5.74) is 1.69. The van der Waals surface area contributed by atoms with Gasteiger partial charge < -0.3 is 16.0 Å². The Hall–Kier alpha value is -2.65. The maximum absolute atomic E-state index is 12.4. The van der Waals surface area contributed by atoms with Gasteiger partial charge in [-0.1, -0.05) is 45.1 Å². The van der Waals surface area contributed by atoms with E-state index >= 15 is 0 Å². The van der Waals surface area contributed by atoms with E-state index in [4.69, 9.17) is 5.41 Å². The molecule has 10 nitrogen and oxygen atoms in total. The fourth-order valence-electron chi connectivity index (χ4n) is 2.26. The molecule has 0 fully saturated rings. The summed E-state index contributed by atoms with van der Waals surface area (Å²) in [6.07, 6.45) is 7.72. The number of nitrogens with one attached hydrogen (secondary N) is 5. The third-order valence-electron chi connectivity index (χ3n) is 3.82. The van der Waals surface area contributed by atoms with E-state index in [0.29, 0.717) is 25.3 Å². The van der Waals surface area contributed by atoms with Crippen molar-refractivity contribution in [2.75, 3.05) is 13.1 Å². The van der Waals surface area contributed by atoms with Crippen molar-refractivity contribution >= 4 is 17.8 Å². The normalized spacial score (nSPS) is 11.9. The van der Waals surface area contributed by atoms with Crippen molar-refractivity contribution in [3.8, 4) is 0 Å². The van der Waals surface area contributed by atoms with E-state index in [1.807, 2.05) is 0 Å². The lowest BCUT2D eigenvalue weighted by Crippen LogP contribution is -2.47. The lowest BCUT2D eigenvalue weighted by atomic mass is 10.1. The SMILES string of the molecule is CCCCC=CC(=O)N[C@@H](CCCNC(=N)N[N+](=O)[O-])C(=O)NCCC(C)C. The zero-order chi connectivity index (χ0) is 21.4. The van der Waals surface area contributed by atoms with Gasteiger partial charge in [0.05, 0.1) is 0 Å². The monoisotopic (exact) mass is 398 g/mol. The summed E-state index contributed by atoms with van der Waals surface area (Å²) in [7, 11) is 0. The molecular formula is C18H34N6O4. The molecule has 1 atom stereocenters. The summed E-state index contributed by atoms with van der Waals surface area (Å²) >= 11 is 0. The maximum Gasteiger partial charge on any atom is 0.251 e. The maximum atomic E-state index is 12.4. The number of guanidine groups is 1. The molecule has 0 unspecified atom stereocenters. The number of rotatable bonds is 14. The van der Waals surface area contributed by atoms with Crippen LogP contribution in [0.15, 0.2) is 12.2 Å². The molecule has 0 aliphatic heterocycles. The lowest BCUT2D eigenvalue weighted by molar-refractivity contribution is -0.525. The molecule has 0 saturated carbocycles. The average molecular weight is 399 g/mol. The number of allylic oxidation sites excluding steroid dienone is 1. The molecule has 0 aromatic rings. The first kappa shape index (κ1) is 25.4. The first-order valence-corrected chi connectivity index (χ1v) is 9.74. The van der Waals surface area contributed by atoms with Crippen molar-refractivity contribution in [2.24, 2.45) is 5.92 Å². The number of carbonyl (C=O) groups is 2. The van der Waals surface area contributed by atoms with Crippen LogP contribution in [0.2, 0.25) is 0 Å². The van der Waals surface area contributed by atoms with E-state index < -0.39 is 17.0 Å². The van der Waals surface area contributed by atoms with Gasteiger partial charge in [-0.15, -0.1) is 0 Å². The smallest absolute Gasteiger partial charge is 0.251 e. The summed E-state index contributed by atoms with van der Waals surface area (Å²) in [5, 5.41) is 24.8. The zero-order valence-electron chi connectivity index (χ0n) is 17.0. The number of hydrazine groups is 1. The van der Waals surface area contributed by atoms with Crippen LogP contribution >= 0.6 is 0 Å². The minimum absolute atomic E-state index is 0.255. The van der Waals surface area contributed by atoms with Crippen molar-refractivity contribution in [3.05, 3.63) is 22.3 Å². The number of unbranched alkanes of at least 4 members (excludes halogenated alkanes) is 2. The molecule has 0 aliphatic carbocycles. The molecule has 0 aromatic carbocycles. The topological polar surface area (TPSA) is 149 Å². The molecular weight excluding hydrogens is 364 g/mol. The third kappa shape index (κ3) is 14.5. The number of hydrogen-bond acceptors (Lipinski definition) is 5. The molecule has 0 rings (SSSR count). The summed E-state index contributed by atoms with van der Waals surface area (Å²) in [5.74, 6) is -0.546. The van der Waals surface area contributed by atoms with Gasteiger partial charge in [0.15, 0.2) is 5.03 Å². The van der Waals surface area contributed by atoms with Gasteiger partial charge in [-0.25, -0.2) is 10.1 Å². The van der Waals surface area contributed by atoms with Crippen molar-refractivity contribution in [3.63, 3.8) is 0 Å². The molecule has 0 heterocycles. The van der Waals surface area contributed by atoms with E-state index in [0.717, 1.165) is 25.7 Å². The van der Waals surface area contributed by atoms with Gasteiger partial charge in [0.1, 0.15) is 6.04 Å². The van der Waals surface area contributed by atoms with Crippen LogP contribution in [0.25, 0.3) is 0 Å². The number of amides is 2. The fraction of sp³-hybridized carbons (Fsp3) is 0.722. The van der Waals surface area contributed by atoms with Gasteiger partial charge in [0.2, 0.25) is 11.8 Å². The molecule has 0 bridgehead atoms. The molecule has 10 heteroatoms.